The molecule has 0 N–H and O–H groups in total. The van der Waals surface area contributed by atoms with Crippen molar-refractivity contribution in [1.29, 1.82) is 0 Å². The van der Waals surface area contributed by atoms with E-state index in [0.717, 1.165) is 16.9 Å². The first-order valence-corrected chi connectivity index (χ1v) is 10.9. The molecule has 1 amide bonds. The number of benzene rings is 3. The molecule has 0 radical (unpaired) electrons. The Kier molecular flexibility index (Phi) is 5.79. The SMILES string of the molecule is COc1cccc2c1CCN(C(=O)Cn1nc(-c3ccc(F)cc3)nc1-c1ccc(F)cc1)C2. The molecule has 5 rings (SSSR count). The van der Waals surface area contributed by atoms with Gasteiger partial charge in [-0.05, 0) is 66.6 Å². The predicted molar refractivity (Wildman–Crippen MR) is 123 cm³/mol. The van der Waals surface area contributed by atoms with Gasteiger partial charge in [-0.3, -0.25) is 4.79 Å². The zero-order chi connectivity index (χ0) is 23.7. The van der Waals surface area contributed by atoms with E-state index in [1.54, 1.807) is 36.3 Å². The van der Waals surface area contributed by atoms with Crippen LogP contribution in [0.3, 0.4) is 0 Å². The summed E-state index contributed by atoms with van der Waals surface area (Å²) in [6.45, 7) is 1.02. The minimum atomic E-state index is -0.368. The molecular weight excluding hydrogens is 438 g/mol. The Hall–Kier alpha value is -4.07. The summed E-state index contributed by atoms with van der Waals surface area (Å²) in [5.41, 5.74) is 3.43. The second kappa shape index (κ2) is 9.05. The Bertz CT molecular complexity index is 1330. The molecule has 0 unspecified atom stereocenters. The number of halogens is 2. The maximum atomic E-state index is 13.5. The molecule has 0 fully saturated rings. The van der Waals surface area contributed by atoms with Crippen molar-refractivity contribution in [1.82, 2.24) is 19.7 Å². The van der Waals surface area contributed by atoms with Crippen molar-refractivity contribution in [3.63, 3.8) is 0 Å². The number of amides is 1. The van der Waals surface area contributed by atoms with Gasteiger partial charge in [0.25, 0.3) is 0 Å². The number of hydrogen-bond acceptors (Lipinski definition) is 4. The molecule has 0 bridgehead atoms. The Morgan fingerprint density at radius 2 is 1.65 bits per heavy atom. The lowest BCUT2D eigenvalue weighted by atomic mass is 9.98. The van der Waals surface area contributed by atoms with E-state index in [4.69, 9.17) is 4.74 Å². The normalized spacial score (nSPS) is 13.0. The largest absolute Gasteiger partial charge is 0.496 e. The lowest BCUT2D eigenvalue weighted by Crippen LogP contribution is -2.38. The van der Waals surface area contributed by atoms with Gasteiger partial charge in [-0.15, -0.1) is 5.10 Å². The minimum absolute atomic E-state index is 0.0276. The fourth-order valence-corrected chi connectivity index (χ4v) is 4.19. The molecule has 0 spiro atoms. The van der Waals surface area contributed by atoms with Crippen LogP contribution in [0, 0.1) is 11.6 Å². The average Bonchev–Trinajstić information content (AvgIpc) is 3.27. The van der Waals surface area contributed by atoms with Crippen LogP contribution in [-0.2, 0) is 24.3 Å². The van der Waals surface area contributed by atoms with Gasteiger partial charge in [-0.25, -0.2) is 18.4 Å². The third kappa shape index (κ3) is 4.26. The highest BCUT2D eigenvalue weighted by Crippen LogP contribution is 2.28. The molecule has 34 heavy (non-hydrogen) atoms. The van der Waals surface area contributed by atoms with Gasteiger partial charge in [-0.1, -0.05) is 12.1 Å². The molecule has 1 aliphatic rings. The molecule has 4 aromatic rings. The van der Waals surface area contributed by atoms with Gasteiger partial charge in [0.1, 0.15) is 23.9 Å². The van der Waals surface area contributed by atoms with Gasteiger partial charge >= 0.3 is 0 Å². The highest BCUT2D eigenvalue weighted by Gasteiger charge is 2.25. The predicted octanol–water partition coefficient (Wildman–Crippen LogP) is 4.48. The number of carbonyl (C=O) groups is 1. The van der Waals surface area contributed by atoms with E-state index in [9.17, 15) is 13.6 Å². The smallest absolute Gasteiger partial charge is 0.244 e. The first kappa shape index (κ1) is 21.8. The van der Waals surface area contributed by atoms with E-state index in [1.807, 2.05) is 18.2 Å². The number of methoxy groups -OCH3 is 1. The highest BCUT2D eigenvalue weighted by molar-refractivity contribution is 5.77. The van der Waals surface area contributed by atoms with Crippen LogP contribution in [0.4, 0.5) is 8.78 Å². The summed E-state index contributed by atoms with van der Waals surface area (Å²) in [6.07, 6.45) is 0.702. The lowest BCUT2D eigenvalue weighted by Gasteiger charge is -2.29. The summed E-state index contributed by atoms with van der Waals surface area (Å²) in [6, 6.07) is 17.5. The van der Waals surface area contributed by atoms with Gasteiger partial charge in [0, 0.05) is 29.8 Å². The Morgan fingerprint density at radius 1 is 0.971 bits per heavy atom. The van der Waals surface area contributed by atoms with Gasteiger partial charge in [-0.2, -0.15) is 0 Å². The summed E-state index contributed by atoms with van der Waals surface area (Å²) in [5, 5.41) is 4.54. The lowest BCUT2D eigenvalue weighted by molar-refractivity contribution is -0.132. The summed E-state index contributed by atoms with van der Waals surface area (Å²) in [7, 11) is 1.65. The number of hydrogen-bond donors (Lipinski definition) is 0. The monoisotopic (exact) mass is 460 g/mol. The van der Waals surface area contributed by atoms with Crippen LogP contribution in [0.15, 0.2) is 66.7 Å². The molecule has 1 aliphatic heterocycles. The van der Waals surface area contributed by atoms with Crippen molar-refractivity contribution in [2.75, 3.05) is 13.7 Å². The Morgan fingerprint density at radius 3 is 2.32 bits per heavy atom. The van der Waals surface area contributed by atoms with E-state index in [0.29, 0.717) is 42.3 Å². The van der Waals surface area contributed by atoms with Crippen LogP contribution >= 0.6 is 0 Å². The van der Waals surface area contributed by atoms with Gasteiger partial charge in [0.15, 0.2) is 11.6 Å². The maximum Gasteiger partial charge on any atom is 0.244 e. The number of aromatic nitrogens is 3. The van der Waals surface area contributed by atoms with Crippen molar-refractivity contribution >= 4 is 5.91 Å². The van der Waals surface area contributed by atoms with Crippen LogP contribution in [0.2, 0.25) is 0 Å². The van der Waals surface area contributed by atoms with Crippen LogP contribution in [0.1, 0.15) is 11.1 Å². The average molecular weight is 460 g/mol. The van der Waals surface area contributed by atoms with E-state index in [1.165, 1.54) is 28.9 Å². The fraction of sp³-hybridized carbons (Fsp3) is 0.192. The third-order valence-corrected chi connectivity index (χ3v) is 5.96. The standard InChI is InChI=1S/C26H22F2N4O2/c1-34-23-4-2-3-19-15-31(14-13-22(19)23)24(33)16-32-26(18-7-11-21(28)12-8-18)29-25(30-32)17-5-9-20(27)10-6-17/h2-12H,13-16H2,1H3. The molecule has 3 aromatic carbocycles. The molecule has 1 aromatic heterocycles. The van der Waals surface area contributed by atoms with E-state index in [-0.39, 0.29) is 24.1 Å². The van der Waals surface area contributed by atoms with Crippen LogP contribution in [-0.4, -0.2) is 39.2 Å². The topological polar surface area (TPSA) is 60.2 Å². The summed E-state index contributed by atoms with van der Waals surface area (Å²) in [4.78, 5) is 19.6. The molecule has 0 saturated carbocycles. The molecule has 8 heteroatoms. The van der Waals surface area contributed by atoms with Gasteiger partial charge in [0.05, 0.1) is 7.11 Å². The first-order chi connectivity index (χ1) is 16.5. The minimum Gasteiger partial charge on any atom is -0.496 e. The van der Waals surface area contributed by atoms with Crippen molar-refractivity contribution in [3.8, 4) is 28.5 Å². The molecular formula is C26H22F2N4O2. The zero-order valence-electron chi connectivity index (χ0n) is 18.5. The fourth-order valence-electron chi connectivity index (χ4n) is 4.19. The number of nitrogens with zero attached hydrogens (tertiary/aromatic N) is 4. The van der Waals surface area contributed by atoms with Crippen molar-refractivity contribution < 1.29 is 18.3 Å². The second-order valence-electron chi connectivity index (χ2n) is 8.09. The zero-order valence-corrected chi connectivity index (χ0v) is 18.5. The Balaban J connectivity index is 1.44. The molecule has 172 valence electrons. The van der Waals surface area contributed by atoms with E-state index >= 15 is 0 Å². The van der Waals surface area contributed by atoms with Crippen LogP contribution in [0.25, 0.3) is 22.8 Å². The molecule has 0 atom stereocenters. The maximum absolute atomic E-state index is 13.5. The molecule has 2 heterocycles. The van der Waals surface area contributed by atoms with Crippen molar-refractivity contribution in [2.24, 2.45) is 0 Å². The number of fused-ring (bicyclic) bond motifs is 1. The quantitative estimate of drug-likeness (QED) is 0.441. The highest BCUT2D eigenvalue weighted by atomic mass is 19.1. The van der Waals surface area contributed by atoms with Gasteiger partial charge < -0.3 is 9.64 Å². The van der Waals surface area contributed by atoms with E-state index in [2.05, 4.69) is 10.1 Å². The molecule has 0 saturated heterocycles. The number of rotatable bonds is 5. The third-order valence-electron chi connectivity index (χ3n) is 5.96. The Labute approximate surface area is 195 Å². The van der Waals surface area contributed by atoms with Crippen molar-refractivity contribution in [3.05, 3.63) is 89.5 Å². The van der Waals surface area contributed by atoms with Crippen molar-refractivity contribution in [2.45, 2.75) is 19.5 Å². The number of ether oxygens (including phenoxy) is 1. The summed E-state index contributed by atoms with van der Waals surface area (Å²) >= 11 is 0. The second-order valence-corrected chi connectivity index (χ2v) is 8.09. The van der Waals surface area contributed by atoms with E-state index < -0.39 is 0 Å². The van der Waals surface area contributed by atoms with Gasteiger partial charge in [0.2, 0.25) is 5.91 Å². The molecule has 6 nitrogen and oxygen atoms in total. The molecule has 0 aliphatic carbocycles. The first-order valence-electron chi connectivity index (χ1n) is 10.9. The summed E-state index contributed by atoms with van der Waals surface area (Å²) in [5.74, 6) is 0.801. The summed E-state index contributed by atoms with van der Waals surface area (Å²) < 4.78 is 33.8. The number of carbonyl (C=O) groups excluding carboxylic acids is 1. The van der Waals surface area contributed by atoms with Crippen LogP contribution in [0.5, 0.6) is 5.75 Å². The van der Waals surface area contributed by atoms with Crippen LogP contribution < -0.4 is 4.74 Å².